The Kier molecular flexibility index (Phi) is 2.54. The quantitative estimate of drug-likeness (QED) is 0.746. The van der Waals surface area contributed by atoms with E-state index < -0.39 is 0 Å². The Hall–Kier alpha value is -2.59. The topological polar surface area (TPSA) is 41.9 Å². The van der Waals surface area contributed by atoms with Crippen LogP contribution in [0.4, 0.5) is 5.82 Å². The van der Waals surface area contributed by atoms with Gasteiger partial charge in [0.05, 0.1) is 5.69 Å². The lowest BCUT2D eigenvalue weighted by Gasteiger charge is -2.11. The molecule has 20 heavy (non-hydrogen) atoms. The van der Waals surface area contributed by atoms with Gasteiger partial charge in [-0.3, -0.25) is 0 Å². The van der Waals surface area contributed by atoms with Gasteiger partial charge >= 0.3 is 0 Å². The predicted molar refractivity (Wildman–Crippen MR) is 79.0 cm³/mol. The van der Waals surface area contributed by atoms with Crippen molar-refractivity contribution in [1.82, 2.24) is 15.2 Å². The molecule has 4 nitrogen and oxygen atoms in total. The van der Waals surface area contributed by atoms with Gasteiger partial charge in [-0.15, -0.1) is 0 Å². The third-order valence-electron chi connectivity index (χ3n) is 3.50. The molecule has 1 unspecified atom stereocenters. The van der Waals surface area contributed by atoms with Gasteiger partial charge in [0.15, 0.2) is 0 Å². The van der Waals surface area contributed by atoms with Crippen LogP contribution in [-0.2, 0) is 0 Å². The molecule has 0 fully saturated rings. The number of hydrazine groups is 1. The maximum Gasteiger partial charge on any atom is 0.146 e. The van der Waals surface area contributed by atoms with Crippen LogP contribution in [0, 0.1) is 0 Å². The number of fused-ring (bicyclic) bond motifs is 1. The molecule has 3 aromatic rings. The molecule has 2 heterocycles. The Balaban J connectivity index is 1.74. The molecule has 1 aromatic heterocycles. The summed E-state index contributed by atoms with van der Waals surface area (Å²) in [5.74, 6) is 0.984. The monoisotopic (exact) mass is 262 g/mol. The van der Waals surface area contributed by atoms with Crippen molar-refractivity contribution in [3.8, 4) is 11.3 Å². The normalized spacial score (nSPS) is 16.7. The summed E-state index contributed by atoms with van der Waals surface area (Å²) in [6.45, 7) is 0. The first-order valence-corrected chi connectivity index (χ1v) is 6.63. The van der Waals surface area contributed by atoms with E-state index in [2.05, 4.69) is 41.2 Å². The van der Waals surface area contributed by atoms with E-state index in [1.54, 1.807) is 0 Å². The molecule has 4 rings (SSSR count). The highest BCUT2D eigenvalue weighted by Crippen LogP contribution is 2.29. The minimum Gasteiger partial charge on any atom is -0.304 e. The summed E-state index contributed by atoms with van der Waals surface area (Å²) in [7, 11) is 0. The SMILES string of the molecule is c1ccc(-c2cc3n(n2)C(c2ccccc2)NN3)cc1. The van der Waals surface area contributed by atoms with Gasteiger partial charge in [0.1, 0.15) is 12.0 Å². The minimum absolute atomic E-state index is 0.0312. The molecule has 4 heteroatoms. The number of hydrogen-bond donors (Lipinski definition) is 2. The van der Waals surface area contributed by atoms with Crippen LogP contribution in [0.15, 0.2) is 66.7 Å². The van der Waals surface area contributed by atoms with Crippen LogP contribution in [0.3, 0.4) is 0 Å². The first-order valence-electron chi connectivity index (χ1n) is 6.63. The first-order chi connectivity index (χ1) is 9.92. The Labute approximate surface area is 117 Å². The summed E-state index contributed by atoms with van der Waals surface area (Å²) in [6, 6.07) is 22.6. The van der Waals surface area contributed by atoms with Gasteiger partial charge in [-0.05, 0) is 5.56 Å². The summed E-state index contributed by atoms with van der Waals surface area (Å²) < 4.78 is 1.98. The van der Waals surface area contributed by atoms with Crippen LogP contribution in [0.1, 0.15) is 11.7 Å². The van der Waals surface area contributed by atoms with E-state index >= 15 is 0 Å². The number of nitrogens with one attached hydrogen (secondary N) is 2. The number of aromatic nitrogens is 2. The van der Waals surface area contributed by atoms with Crippen LogP contribution in [0.5, 0.6) is 0 Å². The predicted octanol–water partition coefficient (Wildman–Crippen LogP) is 3.03. The summed E-state index contributed by atoms with van der Waals surface area (Å²) in [6.07, 6.45) is 0.0312. The van der Waals surface area contributed by atoms with Crippen molar-refractivity contribution in [2.45, 2.75) is 6.17 Å². The lowest BCUT2D eigenvalue weighted by atomic mass is 10.2. The highest BCUT2D eigenvalue weighted by Gasteiger charge is 2.24. The second kappa shape index (κ2) is 4.51. The van der Waals surface area contributed by atoms with Crippen LogP contribution in [0.25, 0.3) is 11.3 Å². The Morgan fingerprint density at radius 3 is 2.35 bits per heavy atom. The molecule has 98 valence electrons. The fourth-order valence-electron chi connectivity index (χ4n) is 2.50. The molecular formula is C16H14N4. The molecular weight excluding hydrogens is 248 g/mol. The van der Waals surface area contributed by atoms with E-state index in [9.17, 15) is 0 Å². The Bertz CT molecular complexity index is 719. The van der Waals surface area contributed by atoms with Gasteiger partial charge in [-0.1, -0.05) is 60.7 Å². The van der Waals surface area contributed by atoms with E-state index in [1.165, 1.54) is 5.56 Å². The average Bonchev–Trinajstić information content (AvgIpc) is 3.09. The molecule has 1 atom stereocenters. The third-order valence-corrected chi connectivity index (χ3v) is 3.50. The molecule has 1 aliphatic heterocycles. The number of rotatable bonds is 2. The maximum atomic E-state index is 4.71. The Morgan fingerprint density at radius 2 is 1.60 bits per heavy atom. The molecule has 2 aromatic carbocycles. The number of nitrogens with zero attached hydrogens (tertiary/aromatic N) is 2. The Morgan fingerprint density at radius 1 is 0.900 bits per heavy atom. The second-order valence-electron chi connectivity index (χ2n) is 4.81. The van der Waals surface area contributed by atoms with Crippen molar-refractivity contribution < 1.29 is 0 Å². The van der Waals surface area contributed by atoms with Crippen molar-refractivity contribution in [2.75, 3.05) is 5.43 Å². The van der Waals surface area contributed by atoms with Crippen LogP contribution in [-0.4, -0.2) is 9.78 Å². The lowest BCUT2D eigenvalue weighted by Crippen LogP contribution is -2.23. The van der Waals surface area contributed by atoms with Gasteiger partial charge in [0.2, 0.25) is 0 Å². The zero-order valence-corrected chi connectivity index (χ0v) is 10.8. The summed E-state index contributed by atoms with van der Waals surface area (Å²) in [5.41, 5.74) is 9.73. The standard InChI is InChI=1S/C16H14N4/c1-3-7-12(8-4-1)14-11-15-17-18-16(20(15)19-14)13-9-5-2-6-10-13/h1-11,16-18H. The molecule has 0 saturated heterocycles. The van der Waals surface area contributed by atoms with Gasteiger partial charge in [0.25, 0.3) is 0 Å². The van der Waals surface area contributed by atoms with E-state index in [0.717, 1.165) is 17.1 Å². The lowest BCUT2D eigenvalue weighted by molar-refractivity contribution is 0.519. The molecule has 1 aliphatic rings. The molecule has 0 saturated carbocycles. The van der Waals surface area contributed by atoms with Crippen LogP contribution >= 0.6 is 0 Å². The van der Waals surface area contributed by atoms with E-state index in [4.69, 9.17) is 5.10 Å². The molecule has 0 bridgehead atoms. The molecule has 0 amide bonds. The number of benzene rings is 2. The third kappa shape index (κ3) is 1.78. The minimum atomic E-state index is 0.0312. The second-order valence-corrected chi connectivity index (χ2v) is 4.81. The first kappa shape index (κ1) is 11.3. The van der Waals surface area contributed by atoms with E-state index in [-0.39, 0.29) is 6.17 Å². The van der Waals surface area contributed by atoms with Crippen molar-refractivity contribution >= 4 is 5.82 Å². The van der Waals surface area contributed by atoms with Gasteiger partial charge in [-0.25, -0.2) is 10.1 Å². The molecule has 0 spiro atoms. The zero-order valence-electron chi connectivity index (χ0n) is 10.8. The highest BCUT2D eigenvalue weighted by atomic mass is 15.6. The van der Waals surface area contributed by atoms with E-state index in [0.29, 0.717) is 0 Å². The van der Waals surface area contributed by atoms with Gasteiger partial charge in [0, 0.05) is 11.6 Å². The maximum absolute atomic E-state index is 4.71. The van der Waals surface area contributed by atoms with Gasteiger partial charge in [-0.2, -0.15) is 5.10 Å². The summed E-state index contributed by atoms with van der Waals surface area (Å²) in [5, 5.41) is 4.71. The fraction of sp³-hybridized carbons (Fsp3) is 0.0625. The average molecular weight is 262 g/mol. The largest absolute Gasteiger partial charge is 0.304 e. The van der Waals surface area contributed by atoms with Gasteiger partial charge < -0.3 is 5.43 Å². The van der Waals surface area contributed by atoms with Crippen molar-refractivity contribution in [2.24, 2.45) is 0 Å². The van der Waals surface area contributed by atoms with Crippen molar-refractivity contribution in [3.05, 3.63) is 72.3 Å². The highest BCUT2D eigenvalue weighted by molar-refractivity contribution is 5.63. The number of anilines is 1. The van der Waals surface area contributed by atoms with E-state index in [1.807, 2.05) is 41.1 Å². The zero-order chi connectivity index (χ0) is 13.4. The number of hydrogen-bond acceptors (Lipinski definition) is 3. The molecule has 2 N–H and O–H groups in total. The fourth-order valence-corrected chi connectivity index (χ4v) is 2.50. The molecule has 0 radical (unpaired) electrons. The smallest absolute Gasteiger partial charge is 0.146 e. The van der Waals surface area contributed by atoms with Crippen LogP contribution in [0.2, 0.25) is 0 Å². The van der Waals surface area contributed by atoms with Crippen LogP contribution < -0.4 is 10.9 Å². The summed E-state index contributed by atoms with van der Waals surface area (Å²) in [4.78, 5) is 0. The van der Waals surface area contributed by atoms with Crippen molar-refractivity contribution in [3.63, 3.8) is 0 Å². The summed E-state index contributed by atoms with van der Waals surface area (Å²) >= 11 is 0. The molecule has 0 aliphatic carbocycles. The van der Waals surface area contributed by atoms with Crippen molar-refractivity contribution in [1.29, 1.82) is 0 Å².